The van der Waals surface area contributed by atoms with Crippen molar-refractivity contribution in [1.29, 1.82) is 0 Å². The van der Waals surface area contributed by atoms with E-state index in [4.69, 9.17) is 9.47 Å². The standard InChI is InChI=1S/C36H35N3O4S/c1-39-18-17-37-36(39)44-24-32-21-33(27-15-13-25(23-40)14-16-27)43-35(42-32)31-12-6-11-30(20-31)29-10-5-7-26(19-29)22-38-34(41)28-8-3-2-4-9-28/h2-20,32-33,35,40H,21-24H2,1H3,(H,38,41)/t32-,33+,35+/m0/s1. The lowest BCUT2D eigenvalue weighted by atomic mass is 9.99. The van der Waals surface area contributed by atoms with Gasteiger partial charge in [0.15, 0.2) is 11.4 Å². The predicted molar refractivity (Wildman–Crippen MR) is 172 cm³/mol. The van der Waals surface area contributed by atoms with Crippen LogP contribution in [0.25, 0.3) is 11.1 Å². The van der Waals surface area contributed by atoms with Gasteiger partial charge in [0.1, 0.15) is 0 Å². The minimum Gasteiger partial charge on any atom is -0.392 e. The van der Waals surface area contributed by atoms with Gasteiger partial charge in [-0.25, -0.2) is 4.98 Å². The van der Waals surface area contributed by atoms with Gasteiger partial charge in [0.2, 0.25) is 0 Å². The number of aryl methyl sites for hydroxylation is 1. The molecular formula is C36H35N3O4S. The number of nitrogens with zero attached hydrogens (tertiary/aromatic N) is 2. The average molecular weight is 606 g/mol. The van der Waals surface area contributed by atoms with Crippen molar-refractivity contribution >= 4 is 17.7 Å². The minimum absolute atomic E-state index is 0.00780. The number of amides is 1. The van der Waals surface area contributed by atoms with Crippen LogP contribution in [0.1, 0.15) is 51.4 Å². The second kappa shape index (κ2) is 14.1. The van der Waals surface area contributed by atoms with Crippen LogP contribution in [0.15, 0.2) is 121 Å². The number of thioether (sulfide) groups is 1. The number of hydrogen-bond donors (Lipinski definition) is 2. The van der Waals surface area contributed by atoms with Crippen LogP contribution in [0.2, 0.25) is 0 Å². The number of carbonyl (C=O) groups excluding carboxylic acids is 1. The molecule has 1 aliphatic heterocycles. The lowest BCUT2D eigenvalue weighted by Crippen LogP contribution is -2.31. The molecule has 3 atom stereocenters. The molecule has 224 valence electrons. The maximum Gasteiger partial charge on any atom is 0.251 e. The molecule has 1 amide bonds. The van der Waals surface area contributed by atoms with Gasteiger partial charge < -0.3 is 24.5 Å². The van der Waals surface area contributed by atoms with Crippen molar-refractivity contribution in [2.24, 2.45) is 7.05 Å². The zero-order valence-corrected chi connectivity index (χ0v) is 25.3. The van der Waals surface area contributed by atoms with E-state index < -0.39 is 6.29 Å². The Morgan fingerprint density at radius 3 is 2.43 bits per heavy atom. The van der Waals surface area contributed by atoms with Crippen molar-refractivity contribution in [2.45, 2.75) is 43.2 Å². The molecule has 1 aromatic heterocycles. The molecule has 0 radical (unpaired) electrons. The Bertz CT molecular complexity index is 1690. The van der Waals surface area contributed by atoms with E-state index in [1.54, 1.807) is 18.0 Å². The van der Waals surface area contributed by atoms with Gasteiger partial charge in [-0.1, -0.05) is 90.6 Å². The number of aliphatic hydroxyl groups is 1. The van der Waals surface area contributed by atoms with Crippen LogP contribution < -0.4 is 5.32 Å². The Morgan fingerprint density at radius 2 is 1.68 bits per heavy atom. The van der Waals surface area contributed by atoms with Crippen LogP contribution >= 0.6 is 11.8 Å². The molecule has 44 heavy (non-hydrogen) atoms. The fourth-order valence-corrected chi connectivity index (χ4v) is 6.23. The summed E-state index contributed by atoms with van der Waals surface area (Å²) in [6, 6.07) is 33.6. The van der Waals surface area contributed by atoms with Crippen LogP contribution in [-0.2, 0) is 29.7 Å². The van der Waals surface area contributed by atoms with Gasteiger partial charge >= 0.3 is 0 Å². The first-order valence-electron chi connectivity index (χ1n) is 14.7. The van der Waals surface area contributed by atoms with Gasteiger partial charge in [0, 0.05) is 49.3 Å². The smallest absolute Gasteiger partial charge is 0.251 e. The summed E-state index contributed by atoms with van der Waals surface area (Å²) in [4.78, 5) is 17.0. The first-order valence-corrected chi connectivity index (χ1v) is 15.7. The summed E-state index contributed by atoms with van der Waals surface area (Å²) in [5.74, 6) is 0.646. The van der Waals surface area contributed by atoms with Crippen molar-refractivity contribution in [3.8, 4) is 11.1 Å². The van der Waals surface area contributed by atoms with Gasteiger partial charge in [-0.3, -0.25) is 4.79 Å². The second-order valence-corrected chi connectivity index (χ2v) is 11.8. The van der Waals surface area contributed by atoms with Crippen LogP contribution in [0.5, 0.6) is 0 Å². The summed E-state index contributed by atoms with van der Waals surface area (Å²) in [5.41, 5.74) is 6.61. The number of benzene rings is 4. The van der Waals surface area contributed by atoms with Gasteiger partial charge in [-0.2, -0.15) is 0 Å². The Balaban J connectivity index is 1.20. The largest absolute Gasteiger partial charge is 0.392 e. The highest BCUT2D eigenvalue weighted by atomic mass is 32.2. The SMILES string of the molecule is Cn1ccnc1SC[C@@H]1C[C@H](c2ccc(CO)cc2)O[C@H](c2cccc(-c3cccc(CNC(=O)c4ccccc4)c3)c2)O1. The summed E-state index contributed by atoms with van der Waals surface area (Å²) >= 11 is 1.68. The molecular weight excluding hydrogens is 570 g/mol. The molecule has 0 unspecified atom stereocenters. The molecule has 5 aromatic rings. The van der Waals surface area contributed by atoms with E-state index in [-0.39, 0.29) is 24.7 Å². The average Bonchev–Trinajstić information content (AvgIpc) is 3.51. The summed E-state index contributed by atoms with van der Waals surface area (Å²) in [6.45, 7) is 0.441. The molecule has 6 rings (SSSR count). The van der Waals surface area contributed by atoms with E-state index in [9.17, 15) is 9.90 Å². The maximum absolute atomic E-state index is 12.6. The molecule has 7 nitrogen and oxygen atoms in total. The third-order valence-electron chi connectivity index (χ3n) is 7.70. The van der Waals surface area contributed by atoms with E-state index in [2.05, 4.69) is 34.6 Å². The second-order valence-electron chi connectivity index (χ2n) is 10.9. The minimum atomic E-state index is -0.550. The third-order valence-corrected chi connectivity index (χ3v) is 8.89. The summed E-state index contributed by atoms with van der Waals surface area (Å²) in [7, 11) is 1.99. The first kappa shape index (κ1) is 29.8. The highest BCUT2D eigenvalue weighted by molar-refractivity contribution is 7.99. The van der Waals surface area contributed by atoms with Gasteiger partial charge in [0.25, 0.3) is 5.91 Å². The lowest BCUT2D eigenvalue weighted by molar-refractivity contribution is -0.245. The molecule has 1 fully saturated rings. The Kier molecular flexibility index (Phi) is 9.53. The van der Waals surface area contributed by atoms with Crippen LogP contribution in [0, 0.1) is 0 Å². The Hall–Kier alpha value is -4.21. The molecule has 8 heteroatoms. The quantitative estimate of drug-likeness (QED) is 0.170. The van der Waals surface area contributed by atoms with E-state index in [0.29, 0.717) is 18.5 Å². The number of carbonyl (C=O) groups is 1. The molecule has 0 saturated carbocycles. The number of hydrogen-bond acceptors (Lipinski definition) is 6. The molecule has 4 aromatic carbocycles. The first-order chi connectivity index (χ1) is 21.6. The fraction of sp³-hybridized carbons (Fsp3) is 0.222. The number of imidazole rings is 1. The molecule has 2 N–H and O–H groups in total. The molecule has 1 saturated heterocycles. The number of nitrogens with one attached hydrogen (secondary N) is 1. The predicted octanol–water partition coefficient (Wildman–Crippen LogP) is 6.85. The highest BCUT2D eigenvalue weighted by Crippen LogP contribution is 2.40. The summed E-state index contributed by atoms with van der Waals surface area (Å²) < 4.78 is 15.2. The normalized spacial score (nSPS) is 18.2. The lowest BCUT2D eigenvalue weighted by Gasteiger charge is -2.36. The molecule has 0 spiro atoms. The zero-order valence-electron chi connectivity index (χ0n) is 24.5. The van der Waals surface area contributed by atoms with Crippen LogP contribution in [0.3, 0.4) is 0 Å². The number of rotatable bonds is 10. The van der Waals surface area contributed by atoms with Crippen molar-refractivity contribution < 1.29 is 19.4 Å². The number of aromatic nitrogens is 2. The Morgan fingerprint density at radius 1 is 0.909 bits per heavy atom. The van der Waals surface area contributed by atoms with E-state index in [1.807, 2.05) is 96.7 Å². The van der Waals surface area contributed by atoms with Gasteiger partial charge in [-0.05, 0) is 52.1 Å². The van der Waals surface area contributed by atoms with E-state index in [0.717, 1.165) is 44.3 Å². The van der Waals surface area contributed by atoms with Gasteiger partial charge in [-0.15, -0.1) is 0 Å². The van der Waals surface area contributed by atoms with Gasteiger partial charge in [0.05, 0.1) is 18.8 Å². The summed E-state index contributed by atoms with van der Waals surface area (Å²) in [6.07, 6.45) is 3.69. The molecule has 0 bridgehead atoms. The summed E-state index contributed by atoms with van der Waals surface area (Å²) in [5, 5.41) is 13.5. The van der Waals surface area contributed by atoms with Crippen LogP contribution in [-0.4, -0.2) is 32.4 Å². The fourth-order valence-electron chi connectivity index (χ4n) is 5.28. The number of aliphatic hydroxyl groups excluding tert-OH is 1. The highest BCUT2D eigenvalue weighted by Gasteiger charge is 2.32. The van der Waals surface area contributed by atoms with E-state index >= 15 is 0 Å². The molecule has 2 heterocycles. The number of ether oxygens (including phenoxy) is 2. The Labute approximate surface area is 261 Å². The van der Waals surface area contributed by atoms with Crippen molar-refractivity contribution in [1.82, 2.24) is 14.9 Å². The third kappa shape index (κ3) is 7.29. The van der Waals surface area contributed by atoms with Crippen LogP contribution in [0.4, 0.5) is 0 Å². The zero-order chi connectivity index (χ0) is 30.3. The van der Waals surface area contributed by atoms with Crippen molar-refractivity contribution in [3.63, 3.8) is 0 Å². The molecule has 1 aliphatic rings. The van der Waals surface area contributed by atoms with E-state index in [1.165, 1.54) is 0 Å². The van der Waals surface area contributed by atoms with Crippen molar-refractivity contribution in [3.05, 3.63) is 143 Å². The maximum atomic E-state index is 12.6. The molecule has 0 aliphatic carbocycles. The van der Waals surface area contributed by atoms with Crippen molar-refractivity contribution in [2.75, 3.05) is 5.75 Å². The monoisotopic (exact) mass is 605 g/mol. The topological polar surface area (TPSA) is 85.6 Å².